The zero-order valence-electron chi connectivity index (χ0n) is 16.2. The number of rotatable bonds is 9. The molecular weight excluding hydrogens is 420 g/mol. The SMILES string of the molecule is CCOCCOCc1cccc(NC(=O)Cn2c(C)c(Br)c3ccccc32)c1. The van der Waals surface area contributed by atoms with Gasteiger partial charge in [0.1, 0.15) is 6.54 Å². The number of fused-ring (bicyclic) bond motifs is 1. The van der Waals surface area contributed by atoms with E-state index in [2.05, 4.69) is 27.3 Å². The average molecular weight is 445 g/mol. The maximum absolute atomic E-state index is 12.6. The van der Waals surface area contributed by atoms with E-state index in [0.29, 0.717) is 26.4 Å². The summed E-state index contributed by atoms with van der Waals surface area (Å²) in [5, 5.41) is 4.10. The van der Waals surface area contributed by atoms with Crippen molar-refractivity contribution in [1.82, 2.24) is 4.57 Å². The molecule has 1 aromatic heterocycles. The monoisotopic (exact) mass is 444 g/mol. The number of nitrogens with zero attached hydrogens (tertiary/aromatic N) is 1. The number of hydrogen-bond donors (Lipinski definition) is 1. The minimum Gasteiger partial charge on any atom is -0.379 e. The van der Waals surface area contributed by atoms with Gasteiger partial charge in [0.15, 0.2) is 0 Å². The highest BCUT2D eigenvalue weighted by Gasteiger charge is 2.14. The summed E-state index contributed by atoms with van der Waals surface area (Å²) < 4.78 is 13.9. The van der Waals surface area contributed by atoms with Gasteiger partial charge in [0, 0.05) is 33.4 Å². The van der Waals surface area contributed by atoms with E-state index in [1.54, 1.807) is 0 Å². The Kier molecular flexibility index (Phi) is 7.25. The van der Waals surface area contributed by atoms with Crippen molar-refractivity contribution < 1.29 is 14.3 Å². The third-order valence-corrected chi connectivity index (χ3v) is 5.51. The van der Waals surface area contributed by atoms with Gasteiger partial charge in [0.2, 0.25) is 5.91 Å². The molecule has 0 saturated carbocycles. The summed E-state index contributed by atoms with van der Waals surface area (Å²) >= 11 is 3.63. The highest BCUT2D eigenvalue weighted by atomic mass is 79.9. The van der Waals surface area contributed by atoms with Crippen molar-refractivity contribution in [1.29, 1.82) is 0 Å². The molecule has 0 spiro atoms. The molecule has 148 valence electrons. The van der Waals surface area contributed by atoms with E-state index in [1.807, 2.05) is 60.9 Å². The summed E-state index contributed by atoms with van der Waals surface area (Å²) in [6, 6.07) is 15.8. The van der Waals surface area contributed by atoms with Crippen molar-refractivity contribution in [3.05, 3.63) is 64.3 Å². The van der Waals surface area contributed by atoms with Gasteiger partial charge < -0.3 is 19.4 Å². The fraction of sp³-hybridized carbons (Fsp3) is 0.318. The number of para-hydroxylation sites is 1. The largest absolute Gasteiger partial charge is 0.379 e. The Hall–Kier alpha value is -2.15. The molecule has 0 unspecified atom stereocenters. The smallest absolute Gasteiger partial charge is 0.244 e. The van der Waals surface area contributed by atoms with Crippen LogP contribution in [-0.4, -0.2) is 30.3 Å². The number of aromatic nitrogens is 1. The molecular formula is C22H25BrN2O3. The molecule has 6 heteroatoms. The van der Waals surface area contributed by atoms with Crippen LogP contribution in [0.15, 0.2) is 53.0 Å². The van der Waals surface area contributed by atoms with Crippen LogP contribution in [0.25, 0.3) is 10.9 Å². The average Bonchev–Trinajstić information content (AvgIpc) is 2.93. The first kappa shape index (κ1) is 20.6. The second-order valence-electron chi connectivity index (χ2n) is 6.50. The van der Waals surface area contributed by atoms with E-state index in [4.69, 9.17) is 9.47 Å². The quantitative estimate of drug-likeness (QED) is 0.477. The molecule has 2 aromatic carbocycles. The molecule has 28 heavy (non-hydrogen) atoms. The van der Waals surface area contributed by atoms with Crippen molar-refractivity contribution in [2.45, 2.75) is 27.0 Å². The lowest BCUT2D eigenvalue weighted by Crippen LogP contribution is -2.19. The van der Waals surface area contributed by atoms with Crippen molar-refractivity contribution in [3.8, 4) is 0 Å². The zero-order chi connectivity index (χ0) is 19.9. The van der Waals surface area contributed by atoms with Crippen LogP contribution < -0.4 is 5.32 Å². The molecule has 0 aliphatic heterocycles. The highest BCUT2D eigenvalue weighted by molar-refractivity contribution is 9.10. The Balaban J connectivity index is 1.63. The number of carbonyl (C=O) groups is 1. The van der Waals surface area contributed by atoms with Gasteiger partial charge in [-0.3, -0.25) is 4.79 Å². The summed E-state index contributed by atoms with van der Waals surface area (Å²) in [6.45, 7) is 6.56. The Morgan fingerprint density at radius 1 is 1.11 bits per heavy atom. The van der Waals surface area contributed by atoms with Crippen molar-refractivity contribution in [3.63, 3.8) is 0 Å². The summed E-state index contributed by atoms with van der Waals surface area (Å²) in [6.07, 6.45) is 0. The third-order valence-electron chi connectivity index (χ3n) is 4.51. The van der Waals surface area contributed by atoms with E-state index >= 15 is 0 Å². The molecule has 5 nitrogen and oxygen atoms in total. The molecule has 1 N–H and O–H groups in total. The van der Waals surface area contributed by atoms with Crippen molar-refractivity contribution in [2.75, 3.05) is 25.1 Å². The predicted octanol–water partition coefficient (Wildman–Crippen LogP) is 4.90. The lowest BCUT2D eigenvalue weighted by Gasteiger charge is -2.11. The second-order valence-corrected chi connectivity index (χ2v) is 7.29. The van der Waals surface area contributed by atoms with Gasteiger partial charge in [-0.1, -0.05) is 30.3 Å². The second kappa shape index (κ2) is 9.87. The molecule has 0 fully saturated rings. The first-order valence-corrected chi connectivity index (χ1v) is 10.2. The fourth-order valence-corrected chi connectivity index (χ4v) is 3.68. The predicted molar refractivity (Wildman–Crippen MR) is 116 cm³/mol. The number of amides is 1. The van der Waals surface area contributed by atoms with Gasteiger partial charge >= 0.3 is 0 Å². The van der Waals surface area contributed by atoms with Crippen LogP contribution in [0.4, 0.5) is 5.69 Å². The van der Waals surface area contributed by atoms with Gasteiger partial charge in [-0.2, -0.15) is 0 Å². The molecule has 3 rings (SSSR count). The number of hydrogen-bond acceptors (Lipinski definition) is 3. The van der Waals surface area contributed by atoms with Crippen LogP contribution in [0.3, 0.4) is 0 Å². The molecule has 0 aliphatic carbocycles. The van der Waals surface area contributed by atoms with Gasteiger partial charge in [0.05, 0.1) is 19.8 Å². The standard InChI is InChI=1S/C22H25BrN2O3/c1-3-27-11-12-28-15-17-7-6-8-18(13-17)24-21(26)14-25-16(2)22(23)19-9-4-5-10-20(19)25/h4-10,13H,3,11-12,14-15H2,1-2H3,(H,24,26). The number of halogens is 1. The number of benzene rings is 2. The molecule has 0 aliphatic rings. The Bertz CT molecular complexity index is 952. The maximum atomic E-state index is 12.6. The van der Waals surface area contributed by atoms with E-state index in [1.165, 1.54) is 0 Å². The van der Waals surface area contributed by atoms with E-state index in [-0.39, 0.29) is 12.5 Å². The first-order valence-electron chi connectivity index (χ1n) is 9.37. The lowest BCUT2D eigenvalue weighted by atomic mass is 10.2. The number of nitrogens with one attached hydrogen (secondary N) is 1. The van der Waals surface area contributed by atoms with E-state index in [0.717, 1.165) is 32.3 Å². The minimum absolute atomic E-state index is 0.0641. The van der Waals surface area contributed by atoms with Gasteiger partial charge in [0.25, 0.3) is 0 Å². The van der Waals surface area contributed by atoms with Gasteiger partial charge in [-0.15, -0.1) is 0 Å². The third kappa shape index (κ3) is 5.01. The minimum atomic E-state index is -0.0641. The topological polar surface area (TPSA) is 52.5 Å². The summed E-state index contributed by atoms with van der Waals surface area (Å²) in [5.41, 5.74) is 3.86. The maximum Gasteiger partial charge on any atom is 0.244 e. The number of carbonyl (C=O) groups excluding carboxylic acids is 1. The van der Waals surface area contributed by atoms with Gasteiger partial charge in [-0.05, 0) is 53.5 Å². The van der Waals surface area contributed by atoms with Crippen molar-refractivity contribution in [2.24, 2.45) is 0 Å². The molecule has 1 amide bonds. The van der Waals surface area contributed by atoms with Gasteiger partial charge in [-0.25, -0.2) is 0 Å². The Morgan fingerprint density at radius 3 is 2.71 bits per heavy atom. The highest BCUT2D eigenvalue weighted by Crippen LogP contribution is 2.30. The van der Waals surface area contributed by atoms with Crippen LogP contribution in [0.5, 0.6) is 0 Å². The Morgan fingerprint density at radius 2 is 1.89 bits per heavy atom. The summed E-state index contributed by atoms with van der Waals surface area (Å²) in [4.78, 5) is 12.6. The van der Waals surface area contributed by atoms with Crippen LogP contribution in [0, 0.1) is 6.92 Å². The molecule has 1 heterocycles. The molecule has 0 radical (unpaired) electrons. The zero-order valence-corrected chi connectivity index (χ0v) is 17.8. The lowest BCUT2D eigenvalue weighted by molar-refractivity contribution is -0.116. The van der Waals surface area contributed by atoms with Crippen LogP contribution in [0.2, 0.25) is 0 Å². The normalized spacial score (nSPS) is 11.1. The van der Waals surface area contributed by atoms with E-state index in [9.17, 15) is 4.79 Å². The summed E-state index contributed by atoms with van der Waals surface area (Å²) in [7, 11) is 0. The molecule has 3 aromatic rings. The summed E-state index contributed by atoms with van der Waals surface area (Å²) in [5.74, 6) is -0.0641. The fourth-order valence-electron chi connectivity index (χ4n) is 3.13. The number of ether oxygens (including phenoxy) is 2. The van der Waals surface area contributed by atoms with Crippen LogP contribution in [-0.2, 0) is 27.4 Å². The van der Waals surface area contributed by atoms with E-state index < -0.39 is 0 Å². The molecule has 0 bridgehead atoms. The molecule has 0 saturated heterocycles. The molecule has 0 atom stereocenters. The van der Waals surface area contributed by atoms with Crippen LogP contribution >= 0.6 is 15.9 Å². The number of anilines is 1. The van der Waals surface area contributed by atoms with Crippen molar-refractivity contribution >= 4 is 38.4 Å². The Labute approximate surface area is 173 Å². The van der Waals surface area contributed by atoms with Crippen LogP contribution in [0.1, 0.15) is 18.2 Å². The first-order chi connectivity index (χ1) is 13.6.